The van der Waals surface area contributed by atoms with Gasteiger partial charge in [0.15, 0.2) is 6.61 Å². The van der Waals surface area contributed by atoms with E-state index in [9.17, 15) is 19.7 Å². The predicted octanol–water partition coefficient (Wildman–Crippen LogP) is 3.34. The first-order valence-corrected chi connectivity index (χ1v) is 9.08. The second kappa shape index (κ2) is 10.3. The summed E-state index contributed by atoms with van der Waals surface area (Å²) < 4.78 is 10.5. The maximum Gasteiger partial charge on any atom is 0.343 e. The lowest BCUT2D eigenvalue weighted by Gasteiger charge is -2.05. The van der Waals surface area contributed by atoms with Gasteiger partial charge < -0.3 is 9.47 Å². The van der Waals surface area contributed by atoms with Gasteiger partial charge in [-0.2, -0.15) is 5.10 Å². The van der Waals surface area contributed by atoms with Crippen LogP contribution < -0.4 is 14.9 Å². The van der Waals surface area contributed by atoms with Crippen molar-refractivity contribution >= 4 is 23.8 Å². The number of hydrogen-bond donors (Lipinski definition) is 1. The summed E-state index contributed by atoms with van der Waals surface area (Å²) in [5.74, 6) is -0.248. The van der Waals surface area contributed by atoms with E-state index in [4.69, 9.17) is 9.47 Å². The van der Waals surface area contributed by atoms with Crippen molar-refractivity contribution in [1.82, 2.24) is 5.43 Å². The zero-order chi connectivity index (χ0) is 22.1. The second-order valence-electron chi connectivity index (χ2n) is 6.16. The van der Waals surface area contributed by atoms with Gasteiger partial charge in [-0.1, -0.05) is 18.2 Å². The fourth-order valence-electron chi connectivity index (χ4n) is 2.39. The molecule has 3 aromatic rings. The maximum atomic E-state index is 12.0. The molecule has 9 heteroatoms. The second-order valence-corrected chi connectivity index (χ2v) is 6.16. The molecule has 0 heterocycles. The number of non-ortho nitro benzene ring substituents is 1. The Morgan fingerprint density at radius 2 is 1.58 bits per heavy atom. The van der Waals surface area contributed by atoms with Crippen LogP contribution in [0.3, 0.4) is 0 Å². The molecule has 9 nitrogen and oxygen atoms in total. The first kappa shape index (κ1) is 21.2. The molecular formula is C22H17N3O6. The smallest absolute Gasteiger partial charge is 0.343 e. The van der Waals surface area contributed by atoms with Crippen LogP contribution in [0.5, 0.6) is 11.5 Å². The van der Waals surface area contributed by atoms with Gasteiger partial charge >= 0.3 is 5.97 Å². The third-order valence-corrected chi connectivity index (χ3v) is 3.92. The number of nitro groups is 1. The van der Waals surface area contributed by atoms with Crippen molar-refractivity contribution in [3.8, 4) is 11.5 Å². The molecule has 3 aromatic carbocycles. The lowest BCUT2D eigenvalue weighted by Crippen LogP contribution is -2.24. The molecule has 31 heavy (non-hydrogen) atoms. The van der Waals surface area contributed by atoms with Gasteiger partial charge in [-0.25, -0.2) is 10.2 Å². The zero-order valence-corrected chi connectivity index (χ0v) is 16.1. The third kappa shape index (κ3) is 6.50. The number of nitrogens with one attached hydrogen (secondary N) is 1. The van der Waals surface area contributed by atoms with E-state index >= 15 is 0 Å². The van der Waals surface area contributed by atoms with E-state index in [-0.39, 0.29) is 12.3 Å². The Morgan fingerprint density at radius 3 is 2.23 bits per heavy atom. The highest BCUT2D eigenvalue weighted by atomic mass is 16.6. The molecular weight excluding hydrogens is 402 g/mol. The van der Waals surface area contributed by atoms with Crippen molar-refractivity contribution in [3.05, 3.63) is 100 Å². The molecule has 1 amide bonds. The summed E-state index contributed by atoms with van der Waals surface area (Å²) >= 11 is 0. The Balaban J connectivity index is 1.44. The number of carbonyl (C=O) groups is 2. The maximum absolute atomic E-state index is 12.0. The highest BCUT2D eigenvalue weighted by Gasteiger charge is 2.08. The number of nitrogens with zero attached hydrogens (tertiary/aromatic N) is 2. The Kier molecular flexibility index (Phi) is 7.04. The van der Waals surface area contributed by atoms with E-state index in [0.717, 1.165) is 0 Å². The molecule has 3 rings (SSSR count). The number of carbonyl (C=O) groups excluding carboxylic acids is 2. The van der Waals surface area contributed by atoms with Crippen LogP contribution in [-0.2, 0) is 4.79 Å². The molecule has 0 aromatic heterocycles. The molecule has 0 atom stereocenters. The summed E-state index contributed by atoms with van der Waals surface area (Å²) in [7, 11) is 0. The summed E-state index contributed by atoms with van der Waals surface area (Å²) in [6, 6.07) is 20.6. The molecule has 0 unspecified atom stereocenters. The molecule has 1 N–H and O–H groups in total. The predicted molar refractivity (Wildman–Crippen MR) is 112 cm³/mol. The normalized spacial score (nSPS) is 10.5. The Hall–Kier alpha value is -4.53. The summed E-state index contributed by atoms with van der Waals surface area (Å²) in [5.41, 5.74) is 3.37. The van der Waals surface area contributed by atoms with Crippen LogP contribution in [0.4, 0.5) is 5.69 Å². The van der Waals surface area contributed by atoms with Crippen molar-refractivity contribution in [2.24, 2.45) is 5.10 Å². The van der Waals surface area contributed by atoms with Gasteiger partial charge in [0.05, 0.1) is 16.7 Å². The van der Waals surface area contributed by atoms with Gasteiger partial charge in [-0.15, -0.1) is 0 Å². The third-order valence-electron chi connectivity index (χ3n) is 3.92. The summed E-state index contributed by atoms with van der Waals surface area (Å²) in [6.07, 6.45) is 1.42. The van der Waals surface area contributed by atoms with Gasteiger partial charge in [-0.05, 0) is 54.1 Å². The van der Waals surface area contributed by atoms with Gasteiger partial charge in [0.25, 0.3) is 11.6 Å². The molecule has 0 aliphatic heterocycles. The summed E-state index contributed by atoms with van der Waals surface area (Å²) in [6.45, 7) is -0.302. The number of esters is 1. The minimum atomic E-state index is -0.523. The fourth-order valence-corrected chi connectivity index (χ4v) is 2.39. The van der Waals surface area contributed by atoms with Crippen LogP contribution in [0.1, 0.15) is 15.9 Å². The molecule has 0 spiro atoms. The van der Waals surface area contributed by atoms with Crippen molar-refractivity contribution < 1.29 is 24.0 Å². The number of nitro benzene ring substituents is 1. The van der Waals surface area contributed by atoms with Crippen molar-refractivity contribution in [3.63, 3.8) is 0 Å². The van der Waals surface area contributed by atoms with Crippen LogP contribution in [0.25, 0.3) is 0 Å². The quantitative estimate of drug-likeness (QED) is 0.197. The molecule has 0 aliphatic carbocycles. The molecule has 0 saturated heterocycles. The Labute approximate surface area is 177 Å². The molecule has 0 saturated carbocycles. The minimum absolute atomic E-state index is 0.0674. The molecule has 0 fully saturated rings. The van der Waals surface area contributed by atoms with E-state index in [1.807, 2.05) is 6.07 Å². The van der Waals surface area contributed by atoms with Gasteiger partial charge in [0.2, 0.25) is 0 Å². The van der Waals surface area contributed by atoms with E-state index < -0.39 is 16.8 Å². The highest BCUT2D eigenvalue weighted by molar-refractivity contribution is 5.91. The standard InChI is InChI=1S/C22H17N3O6/c26-21(15-30-19-12-8-18(9-13-19)25(28)29)24-23-14-16-6-10-20(11-7-16)31-22(27)17-4-2-1-3-5-17/h1-14H,15H2,(H,24,26)/b23-14-. The Bertz CT molecular complexity index is 1080. The van der Waals surface area contributed by atoms with E-state index in [2.05, 4.69) is 10.5 Å². The van der Waals surface area contributed by atoms with Crippen LogP contribution in [0.15, 0.2) is 84.0 Å². The number of ether oxygens (including phenoxy) is 2. The first-order valence-electron chi connectivity index (χ1n) is 9.08. The average molecular weight is 419 g/mol. The van der Waals surface area contributed by atoms with Gasteiger partial charge in [0, 0.05) is 12.1 Å². The molecule has 0 aliphatic rings. The fraction of sp³-hybridized carbons (Fsp3) is 0.0455. The zero-order valence-electron chi connectivity index (χ0n) is 16.1. The van der Waals surface area contributed by atoms with E-state index in [1.165, 1.54) is 30.5 Å². The van der Waals surface area contributed by atoms with Crippen molar-refractivity contribution in [2.75, 3.05) is 6.61 Å². The highest BCUT2D eigenvalue weighted by Crippen LogP contribution is 2.17. The minimum Gasteiger partial charge on any atom is -0.484 e. The number of hydrazone groups is 1. The van der Waals surface area contributed by atoms with E-state index in [1.54, 1.807) is 48.5 Å². The topological polar surface area (TPSA) is 120 Å². The summed E-state index contributed by atoms with van der Waals surface area (Å²) in [4.78, 5) is 33.9. The molecule has 0 bridgehead atoms. The SMILES string of the molecule is O=C(COc1ccc([N+](=O)[O-])cc1)N/N=C\c1ccc(OC(=O)c2ccccc2)cc1. The molecule has 0 radical (unpaired) electrons. The van der Waals surface area contributed by atoms with Gasteiger partial charge in [-0.3, -0.25) is 14.9 Å². The first-order chi connectivity index (χ1) is 15.0. The van der Waals surface area contributed by atoms with Gasteiger partial charge in [0.1, 0.15) is 11.5 Å². The number of rotatable bonds is 8. The van der Waals surface area contributed by atoms with Crippen LogP contribution in [0.2, 0.25) is 0 Å². The van der Waals surface area contributed by atoms with E-state index in [0.29, 0.717) is 22.6 Å². The lowest BCUT2D eigenvalue weighted by atomic mass is 10.2. The number of benzene rings is 3. The summed E-state index contributed by atoms with van der Waals surface area (Å²) in [5, 5.41) is 14.4. The average Bonchev–Trinajstić information content (AvgIpc) is 2.79. The Morgan fingerprint density at radius 1 is 0.935 bits per heavy atom. The van der Waals surface area contributed by atoms with Crippen LogP contribution in [-0.4, -0.2) is 29.6 Å². The number of hydrogen-bond acceptors (Lipinski definition) is 7. The van der Waals surface area contributed by atoms with Crippen LogP contribution in [0, 0.1) is 10.1 Å². The molecule has 156 valence electrons. The monoisotopic (exact) mass is 419 g/mol. The van der Waals surface area contributed by atoms with Crippen molar-refractivity contribution in [2.45, 2.75) is 0 Å². The van der Waals surface area contributed by atoms with Crippen molar-refractivity contribution in [1.29, 1.82) is 0 Å². The van der Waals surface area contributed by atoms with Crippen LogP contribution >= 0.6 is 0 Å². The lowest BCUT2D eigenvalue weighted by molar-refractivity contribution is -0.384. The largest absolute Gasteiger partial charge is 0.484 e. The number of amides is 1.